The van der Waals surface area contributed by atoms with Gasteiger partial charge in [0, 0.05) is 18.8 Å². The number of rotatable bonds is 4. The van der Waals surface area contributed by atoms with Crippen LogP contribution in [0.15, 0.2) is 0 Å². The van der Waals surface area contributed by atoms with E-state index < -0.39 is 0 Å². The number of amides is 1. The summed E-state index contributed by atoms with van der Waals surface area (Å²) in [4.78, 5) is 13.6. The molecule has 4 heteroatoms. The summed E-state index contributed by atoms with van der Waals surface area (Å²) in [6, 6.07) is 0. The van der Waals surface area contributed by atoms with E-state index >= 15 is 0 Å². The van der Waals surface area contributed by atoms with Gasteiger partial charge in [-0.1, -0.05) is 6.92 Å². The van der Waals surface area contributed by atoms with Crippen molar-refractivity contribution in [1.82, 2.24) is 4.90 Å². The van der Waals surface area contributed by atoms with Crippen molar-refractivity contribution in [3.05, 3.63) is 0 Å². The van der Waals surface area contributed by atoms with Crippen LogP contribution >= 0.6 is 11.8 Å². The van der Waals surface area contributed by atoms with Crippen LogP contribution in [0.5, 0.6) is 0 Å². The highest BCUT2D eigenvalue weighted by Gasteiger charge is 2.19. The topological polar surface area (TPSA) is 40.5 Å². The third-order valence-electron chi connectivity index (χ3n) is 2.60. The Balaban J connectivity index is 2.17. The van der Waals surface area contributed by atoms with E-state index in [0.29, 0.717) is 11.5 Å². The van der Waals surface area contributed by atoms with Crippen LogP contribution in [0.3, 0.4) is 0 Å². The molecule has 1 heterocycles. The molecule has 0 aromatic carbocycles. The third-order valence-corrected chi connectivity index (χ3v) is 3.52. The molecule has 3 nitrogen and oxygen atoms in total. The first kappa shape index (κ1) is 11.9. The molecule has 0 bridgehead atoms. The molecule has 1 N–H and O–H groups in total. The predicted octanol–water partition coefficient (Wildman–Crippen LogP) is 0.970. The molecule has 0 unspecified atom stereocenters. The molecule has 0 aromatic rings. The van der Waals surface area contributed by atoms with Gasteiger partial charge in [0.05, 0.1) is 12.4 Å². The molecule has 0 atom stereocenters. The number of thioether (sulfide) groups is 1. The van der Waals surface area contributed by atoms with E-state index in [4.69, 9.17) is 5.11 Å². The summed E-state index contributed by atoms with van der Waals surface area (Å²) < 4.78 is 0. The molecule has 0 aliphatic carbocycles. The lowest BCUT2D eigenvalue weighted by atomic mass is 9.99. The number of aliphatic hydroxyl groups is 1. The lowest BCUT2D eigenvalue weighted by Crippen LogP contribution is -2.39. The van der Waals surface area contributed by atoms with Crippen molar-refractivity contribution in [2.75, 3.05) is 31.2 Å². The molecule has 1 fully saturated rings. The maximum Gasteiger partial charge on any atom is 0.232 e. The second-order valence-electron chi connectivity index (χ2n) is 3.84. The van der Waals surface area contributed by atoms with Gasteiger partial charge in [-0.3, -0.25) is 4.79 Å². The van der Waals surface area contributed by atoms with Gasteiger partial charge in [-0.15, -0.1) is 11.8 Å². The van der Waals surface area contributed by atoms with E-state index in [1.54, 1.807) is 0 Å². The second-order valence-corrected chi connectivity index (χ2v) is 4.94. The molecule has 1 amide bonds. The number of hydrogen-bond donors (Lipinski definition) is 1. The Morgan fingerprint density at radius 3 is 2.71 bits per heavy atom. The van der Waals surface area contributed by atoms with Crippen LogP contribution in [0.4, 0.5) is 0 Å². The maximum atomic E-state index is 11.6. The third kappa shape index (κ3) is 3.88. The fourth-order valence-corrected chi connectivity index (χ4v) is 2.20. The summed E-state index contributed by atoms with van der Waals surface area (Å²) in [7, 11) is 0. The van der Waals surface area contributed by atoms with Gasteiger partial charge in [0.25, 0.3) is 0 Å². The zero-order valence-electron chi connectivity index (χ0n) is 8.74. The van der Waals surface area contributed by atoms with Crippen molar-refractivity contribution < 1.29 is 9.90 Å². The molecule has 82 valence electrons. The zero-order valence-corrected chi connectivity index (χ0v) is 9.55. The van der Waals surface area contributed by atoms with Crippen LogP contribution in [-0.2, 0) is 4.79 Å². The first-order valence-corrected chi connectivity index (χ1v) is 6.36. The van der Waals surface area contributed by atoms with E-state index in [1.807, 2.05) is 4.90 Å². The molecule has 0 radical (unpaired) electrons. The number of aliphatic hydroxyl groups excluding tert-OH is 1. The smallest absolute Gasteiger partial charge is 0.232 e. The number of nitrogens with zero attached hydrogens (tertiary/aromatic N) is 1. The summed E-state index contributed by atoms with van der Waals surface area (Å²) in [6.07, 6.45) is 2.27. The standard InChI is InChI=1S/C10H19NO2S/c1-9-2-4-11(5-3-9)10(13)8-14-7-6-12/h9,12H,2-8H2,1H3. The summed E-state index contributed by atoms with van der Waals surface area (Å²) in [6.45, 7) is 4.23. The Hall–Kier alpha value is -0.220. The quantitative estimate of drug-likeness (QED) is 0.713. The Morgan fingerprint density at radius 2 is 2.14 bits per heavy atom. The average molecular weight is 217 g/mol. The van der Waals surface area contributed by atoms with E-state index in [9.17, 15) is 4.79 Å². The molecule has 0 spiro atoms. The SMILES string of the molecule is CC1CCN(C(=O)CSCCO)CC1. The number of carbonyl (C=O) groups excluding carboxylic acids is 1. The van der Waals surface area contributed by atoms with Crippen LogP contribution in [-0.4, -0.2) is 47.1 Å². The highest BCUT2D eigenvalue weighted by atomic mass is 32.2. The Labute approximate surface area is 89.9 Å². The minimum Gasteiger partial charge on any atom is -0.396 e. The van der Waals surface area contributed by atoms with Gasteiger partial charge in [-0.05, 0) is 18.8 Å². The zero-order chi connectivity index (χ0) is 10.4. The van der Waals surface area contributed by atoms with Gasteiger partial charge in [-0.2, -0.15) is 0 Å². The number of likely N-dealkylation sites (tertiary alicyclic amines) is 1. The predicted molar refractivity (Wildman–Crippen MR) is 59.4 cm³/mol. The highest BCUT2D eigenvalue weighted by molar-refractivity contribution is 7.99. The first-order valence-electron chi connectivity index (χ1n) is 5.20. The lowest BCUT2D eigenvalue weighted by Gasteiger charge is -2.30. The Bertz CT molecular complexity index is 179. The van der Waals surface area contributed by atoms with Gasteiger partial charge in [0.15, 0.2) is 0 Å². The van der Waals surface area contributed by atoms with E-state index in [0.717, 1.165) is 31.8 Å². The van der Waals surface area contributed by atoms with Crippen molar-refractivity contribution in [3.63, 3.8) is 0 Å². The molecule has 1 saturated heterocycles. The molecular weight excluding hydrogens is 198 g/mol. The molecule has 0 aromatic heterocycles. The van der Waals surface area contributed by atoms with Crippen LogP contribution < -0.4 is 0 Å². The molecule has 1 aliphatic heterocycles. The molecule has 1 rings (SSSR count). The largest absolute Gasteiger partial charge is 0.396 e. The van der Waals surface area contributed by atoms with E-state index in [1.165, 1.54) is 11.8 Å². The monoisotopic (exact) mass is 217 g/mol. The Kier molecular flexibility index (Phi) is 5.33. The molecule has 14 heavy (non-hydrogen) atoms. The van der Waals surface area contributed by atoms with Crippen molar-refractivity contribution in [1.29, 1.82) is 0 Å². The van der Waals surface area contributed by atoms with Crippen LogP contribution in [0, 0.1) is 5.92 Å². The minimum atomic E-state index is 0.162. The second kappa shape index (κ2) is 6.30. The fourth-order valence-electron chi connectivity index (χ4n) is 1.57. The Morgan fingerprint density at radius 1 is 1.50 bits per heavy atom. The van der Waals surface area contributed by atoms with Gasteiger partial charge < -0.3 is 10.0 Å². The lowest BCUT2D eigenvalue weighted by molar-refractivity contribution is -0.129. The number of carbonyl (C=O) groups is 1. The number of hydrogen-bond acceptors (Lipinski definition) is 3. The van der Waals surface area contributed by atoms with Crippen LogP contribution in [0.25, 0.3) is 0 Å². The van der Waals surface area contributed by atoms with E-state index in [-0.39, 0.29) is 12.5 Å². The van der Waals surface area contributed by atoms with Crippen LogP contribution in [0.2, 0.25) is 0 Å². The summed E-state index contributed by atoms with van der Waals surface area (Å²) in [5.74, 6) is 2.18. The van der Waals surface area contributed by atoms with Crippen molar-refractivity contribution in [3.8, 4) is 0 Å². The maximum absolute atomic E-state index is 11.6. The first-order chi connectivity index (χ1) is 6.74. The molecule has 1 aliphatic rings. The van der Waals surface area contributed by atoms with Crippen molar-refractivity contribution in [2.45, 2.75) is 19.8 Å². The summed E-state index contributed by atoms with van der Waals surface area (Å²) in [5.41, 5.74) is 0. The van der Waals surface area contributed by atoms with Gasteiger partial charge >= 0.3 is 0 Å². The van der Waals surface area contributed by atoms with Crippen molar-refractivity contribution in [2.24, 2.45) is 5.92 Å². The van der Waals surface area contributed by atoms with E-state index in [2.05, 4.69) is 6.92 Å². The fraction of sp³-hybridized carbons (Fsp3) is 0.900. The summed E-state index contributed by atoms with van der Waals surface area (Å²) in [5, 5.41) is 8.58. The van der Waals surface area contributed by atoms with Crippen LogP contribution in [0.1, 0.15) is 19.8 Å². The van der Waals surface area contributed by atoms with Gasteiger partial charge in [-0.25, -0.2) is 0 Å². The number of piperidine rings is 1. The van der Waals surface area contributed by atoms with Gasteiger partial charge in [0.2, 0.25) is 5.91 Å². The van der Waals surface area contributed by atoms with Gasteiger partial charge in [0.1, 0.15) is 0 Å². The molecule has 0 saturated carbocycles. The highest BCUT2D eigenvalue weighted by Crippen LogP contribution is 2.16. The normalized spacial score (nSPS) is 18.6. The molecular formula is C10H19NO2S. The van der Waals surface area contributed by atoms with Crippen molar-refractivity contribution >= 4 is 17.7 Å². The summed E-state index contributed by atoms with van der Waals surface area (Å²) >= 11 is 1.51. The minimum absolute atomic E-state index is 0.162. The average Bonchev–Trinajstić information content (AvgIpc) is 2.19.